The third-order valence-electron chi connectivity index (χ3n) is 8.61. The van der Waals surface area contributed by atoms with E-state index in [9.17, 15) is 4.39 Å². The van der Waals surface area contributed by atoms with Crippen LogP contribution in [0, 0.1) is 5.92 Å². The number of rotatable bonds is 0. The smallest absolute Gasteiger partial charge is 0.117 e. The van der Waals surface area contributed by atoms with Crippen molar-refractivity contribution < 1.29 is 9.13 Å². The Morgan fingerprint density at radius 1 is 0.968 bits per heavy atom. The van der Waals surface area contributed by atoms with Crippen LogP contribution in [0.4, 0.5) is 4.39 Å². The van der Waals surface area contributed by atoms with Crippen LogP contribution in [0.25, 0.3) is 0 Å². The highest BCUT2D eigenvalue weighted by Gasteiger charge is 2.54. The molecule has 8 rings (SSSR count). The van der Waals surface area contributed by atoms with Gasteiger partial charge in [-0.2, -0.15) is 0 Å². The molecule has 0 radical (unpaired) electrons. The summed E-state index contributed by atoms with van der Waals surface area (Å²) in [7, 11) is 0. The van der Waals surface area contributed by atoms with Crippen molar-refractivity contribution in [1.29, 1.82) is 0 Å². The molecule has 0 aromatic carbocycles. The number of hydrogen-bond donors (Lipinski definition) is 3. The van der Waals surface area contributed by atoms with Gasteiger partial charge in [0, 0.05) is 50.7 Å². The van der Waals surface area contributed by atoms with Crippen LogP contribution in [0.5, 0.6) is 0 Å². The average Bonchev–Trinajstić information content (AvgIpc) is 3.17. The van der Waals surface area contributed by atoms with E-state index >= 15 is 0 Å². The number of nitrogens with one attached hydrogen (secondary N) is 3. The number of halogens is 2. The maximum absolute atomic E-state index is 14.3. The molecule has 6 bridgehead atoms. The summed E-state index contributed by atoms with van der Waals surface area (Å²) in [4.78, 5) is 5.29. The van der Waals surface area contributed by atoms with E-state index in [-0.39, 0.29) is 36.0 Å². The summed E-state index contributed by atoms with van der Waals surface area (Å²) in [6, 6.07) is 1.42. The van der Waals surface area contributed by atoms with Crippen molar-refractivity contribution in [3.63, 3.8) is 0 Å². The van der Waals surface area contributed by atoms with Crippen LogP contribution >= 0.6 is 11.6 Å². The lowest BCUT2D eigenvalue weighted by Crippen LogP contribution is -2.80. The molecule has 8 aliphatic rings. The molecule has 31 heavy (non-hydrogen) atoms. The van der Waals surface area contributed by atoms with E-state index in [2.05, 4.69) is 30.9 Å². The zero-order valence-corrected chi connectivity index (χ0v) is 19.2. The second-order valence-electron chi connectivity index (χ2n) is 10.6. The minimum atomic E-state index is -0.744. The van der Waals surface area contributed by atoms with Crippen molar-refractivity contribution in [3.8, 4) is 0 Å². The topological polar surface area (TPSA) is 55.0 Å². The summed E-state index contributed by atoms with van der Waals surface area (Å²) in [5.74, 6) is 0.279. The van der Waals surface area contributed by atoms with Crippen molar-refractivity contribution in [1.82, 2.24) is 30.9 Å². The van der Waals surface area contributed by atoms with Crippen LogP contribution in [0.1, 0.15) is 51.4 Å². The number of nitrogens with zero attached hydrogens (tertiary/aromatic N) is 3. The lowest BCUT2D eigenvalue weighted by molar-refractivity contribution is -0.137. The Morgan fingerprint density at radius 2 is 1.81 bits per heavy atom. The number of alkyl halides is 2. The second kappa shape index (κ2) is 8.95. The second-order valence-corrected chi connectivity index (χ2v) is 11.0. The van der Waals surface area contributed by atoms with E-state index in [1.165, 1.54) is 45.3 Å². The van der Waals surface area contributed by atoms with E-state index < -0.39 is 6.17 Å². The van der Waals surface area contributed by atoms with Gasteiger partial charge in [0.15, 0.2) is 0 Å². The lowest BCUT2D eigenvalue weighted by Gasteiger charge is -2.61. The van der Waals surface area contributed by atoms with Gasteiger partial charge in [-0.15, -0.1) is 11.6 Å². The number of hydrogen-bond acceptors (Lipinski definition) is 7. The molecule has 7 saturated heterocycles. The average molecular weight is 457 g/mol. The van der Waals surface area contributed by atoms with Crippen LogP contribution < -0.4 is 16.1 Å². The van der Waals surface area contributed by atoms with Gasteiger partial charge in [-0.25, -0.2) is 9.40 Å². The first kappa shape index (κ1) is 21.5. The first-order valence-electron chi connectivity index (χ1n) is 12.6. The largest absolute Gasteiger partial charge is 0.376 e. The Kier molecular flexibility index (Phi) is 6.20. The SMILES string of the molecule is FC1CCC2C(C1)OCCCCCCN1C[C@H]3C[C@@H](C1)N3C1NC(Cl)C3CNN2C3N1. The molecule has 0 spiro atoms. The fourth-order valence-corrected chi connectivity index (χ4v) is 7.34. The lowest BCUT2D eigenvalue weighted by atomic mass is 9.86. The van der Waals surface area contributed by atoms with Gasteiger partial charge >= 0.3 is 0 Å². The van der Waals surface area contributed by atoms with Gasteiger partial charge in [-0.05, 0) is 38.6 Å². The van der Waals surface area contributed by atoms with Crippen LogP contribution in [-0.4, -0.2) is 96.0 Å². The zero-order valence-electron chi connectivity index (χ0n) is 18.4. The third kappa shape index (κ3) is 4.05. The maximum Gasteiger partial charge on any atom is 0.117 e. The fourth-order valence-electron chi connectivity index (χ4n) is 6.99. The Morgan fingerprint density at radius 3 is 2.68 bits per heavy atom. The van der Waals surface area contributed by atoms with Crippen LogP contribution in [-0.2, 0) is 4.74 Å². The van der Waals surface area contributed by atoms with Crippen molar-refractivity contribution in [2.45, 2.75) is 99.7 Å². The Labute approximate surface area is 190 Å². The molecular weight excluding hydrogens is 419 g/mol. The van der Waals surface area contributed by atoms with Gasteiger partial charge in [-0.3, -0.25) is 21.0 Å². The zero-order chi connectivity index (χ0) is 20.9. The molecule has 7 nitrogen and oxygen atoms in total. The first-order valence-corrected chi connectivity index (χ1v) is 13.0. The number of fused-ring (bicyclic) bond motifs is 6. The number of hydrazine groups is 1. The normalized spacial score (nSPS) is 53.4. The molecule has 176 valence electrons. The van der Waals surface area contributed by atoms with Crippen LogP contribution in [0.2, 0.25) is 0 Å². The molecule has 3 N–H and O–H groups in total. The fraction of sp³-hybridized carbons (Fsp3) is 1.00. The van der Waals surface area contributed by atoms with E-state index in [1.54, 1.807) is 0 Å². The summed E-state index contributed by atoms with van der Waals surface area (Å²) in [6.45, 7) is 5.14. The summed E-state index contributed by atoms with van der Waals surface area (Å²) >= 11 is 6.88. The van der Waals surface area contributed by atoms with Crippen molar-refractivity contribution >= 4 is 11.6 Å². The molecule has 1 saturated carbocycles. The molecule has 0 amide bonds. The minimum absolute atomic E-state index is 0.0507. The molecule has 11 atom stereocenters. The number of piperazine rings is 1. The minimum Gasteiger partial charge on any atom is -0.376 e. The van der Waals surface area contributed by atoms with Crippen LogP contribution in [0.3, 0.4) is 0 Å². The standard InChI is InChI=1S/C22H38ClFN6O/c23-20-17-11-25-30-18-6-5-14(24)9-19(18)31-8-4-2-1-3-7-28-12-15-10-16(13-28)29(15)22(26-20)27-21(17)30/h14-22,25-27H,1-13H2/t14?,15-,16+,17?,18?,19?,20?,21?,22?. The first-order chi connectivity index (χ1) is 15.2. The monoisotopic (exact) mass is 456 g/mol. The predicted octanol–water partition coefficient (Wildman–Crippen LogP) is 1.40. The Balaban J connectivity index is 1.24. The Hall–Kier alpha value is -0.0600. The molecule has 7 aliphatic heterocycles. The summed E-state index contributed by atoms with van der Waals surface area (Å²) < 4.78 is 20.6. The predicted molar refractivity (Wildman–Crippen MR) is 118 cm³/mol. The molecule has 7 heterocycles. The molecule has 9 unspecified atom stereocenters. The van der Waals surface area contributed by atoms with E-state index in [0.29, 0.717) is 24.9 Å². The molecule has 9 heteroatoms. The van der Waals surface area contributed by atoms with Crippen molar-refractivity contribution in [2.24, 2.45) is 5.92 Å². The summed E-state index contributed by atoms with van der Waals surface area (Å²) in [5, 5.41) is 9.91. The quantitative estimate of drug-likeness (QED) is 0.376. The highest BCUT2D eigenvalue weighted by Crippen LogP contribution is 2.38. The van der Waals surface area contributed by atoms with E-state index in [4.69, 9.17) is 16.3 Å². The van der Waals surface area contributed by atoms with Gasteiger partial charge in [0.2, 0.25) is 0 Å². The molecule has 0 aromatic rings. The van der Waals surface area contributed by atoms with Crippen LogP contribution in [0.15, 0.2) is 0 Å². The van der Waals surface area contributed by atoms with Gasteiger partial charge in [0.1, 0.15) is 12.5 Å². The summed E-state index contributed by atoms with van der Waals surface area (Å²) in [5.41, 5.74) is 3.55. The van der Waals surface area contributed by atoms with Gasteiger partial charge < -0.3 is 9.64 Å². The number of piperidine rings is 1. The van der Waals surface area contributed by atoms with E-state index in [1.807, 2.05) is 0 Å². The highest BCUT2D eigenvalue weighted by atomic mass is 35.5. The molecular formula is C22H38ClFN6O. The molecule has 0 aromatic heterocycles. The Bertz CT molecular complexity index is 635. The molecule has 8 fully saturated rings. The van der Waals surface area contributed by atoms with Gasteiger partial charge in [0.25, 0.3) is 0 Å². The van der Waals surface area contributed by atoms with Crippen molar-refractivity contribution in [3.05, 3.63) is 0 Å². The van der Waals surface area contributed by atoms with E-state index in [0.717, 1.165) is 26.0 Å². The number of ether oxygens (including phenoxy) is 1. The van der Waals surface area contributed by atoms with Gasteiger partial charge in [0.05, 0.1) is 23.8 Å². The highest BCUT2D eigenvalue weighted by molar-refractivity contribution is 6.20. The van der Waals surface area contributed by atoms with Crippen molar-refractivity contribution in [2.75, 3.05) is 32.8 Å². The van der Waals surface area contributed by atoms with Gasteiger partial charge in [-0.1, -0.05) is 12.8 Å². The maximum atomic E-state index is 14.3. The summed E-state index contributed by atoms with van der Waals surface area (Å²) in [6.07, 6.45) is 7.53. The molecule has 1 aliphatic carbocycles. The third-order valence-corrected chi connectivity index (χ3v) is 9.06.